The standard InChI is InChI=1S/C21H18BrN9O/c1-10-3-4-15-12(5-10)6-13(7-24-15)14-8-27-31-18(23)16(22)17(29-20(14)31)11(2)28-21(32)19-25-9-26-30-19/h3-9,11H,23H2,1-2H3,(H,28,32)(H,25,26,30). The SMILES string of the molecule is Cc1ccc2ncc(-c3cnn4c(N)c(Br)c(C(C)NC(=O)c5nc[nH]n5)nc34)cc2c1. The lowest BCUT2D eigenvalue weighted by Crippen LogP contribution is -2.29. The molecule has 5 aromatic rings. The molecule has 1 atom stereocenters. The lowest BCUT2D eigenvalue weighted by Gasteiger charge is -2.16. The Morgan fingerprint density at radius 3 is 2.88 bits per heavy atom. The quantitative estimate of drug-likeness (QED) is 0.350. The number of amides is 1. The predicted octanol–water partition coefficient (Wildman–Crippen LogP) is 3.21. The van der Waals surface area contributed by atoms with Gasteiger partial charge in [-0.25, -0.2) is 9.97 Å². The number of halogens is 1. The van der Waals surface area contributed by atoms with Crippen molar-refractivity contribution in [3.05, 3.63) is 64.5 Å². The number of nitrogen functional groups attached to an aromatic ring is 1. The number of aromatic nitrogens is 7. The Balaban J connectivity index is 1.59. The van der Waals surface area contributed by atoms with E-state index in [-0.39, 0.29) is 5.82 Å². The van der Waals surface area contributed by atoms with Gasteiger partial charge in [0.25, 0.3) is 5.91 Å². The van der Waals surface area contributed by atoms with Crippen molar-refractivity contribution in [2.75, 3.05) is 5.73 Å². The zero-order chi connectivity index (χ0) is 22.4. The molecule has 0 aliphatic heterocycles. The second-order valence-corrected chi connectivity index (χ2v) is 8.22. The Labute approximate surface area is 190 Å². The van der Waals surface area contributed by atoms with Crippen LogP contribution >= 0.6 is 15.9 Å². The van der Waals surface area contributed by atoms with Gasteiger partial charge in [0.2, 0.25) is 5.82 Å². The van der Waals surface area contributed by atoms with Crippen LogP contribution in [0.3, 0.4) is 0 Å². The van der Waals surface area contributed by atoms with Crippen molar-refractivity contribution in [1.82, 2.24) is 40.1 Å². The molecule has 0 aliphatic rings. The van der Waals surface area contributed by atoms with Gasteiger partial charge < -0.3 is 11.1 Å². The number of rotatable bonds is 4. The number of pyridine rings is 1. The van der Waals surface area contributed by atoms with Gasteiger partial charge in [-0.15, -0.1) is 5.10 Å². The van der Waals surface area contributed by atoms with Crippen LogP contribution in [0, 0.1) is 6.92 Å². The smallest absolute Gasteiger partial charge is 0.291 e. The van der Waals surface area contributed by atoms with Crippen LogP contribution in [0.15, 0.2) is 47.5 Å². The molecule has 5 rings (SSSR count). The summed E-state index contributed by atoms with van der Waals surface area (Å²) in [6, 6.07) is 7.70. The van der Waals surface area contributed by atoms with Crippen molar-refractivity contribution in [3.8, 4) is 11.1 Å². The van der Waals surface area contributed by atoms with E-state index in [1.165, 1.54) is 6.33 Å². The largest absolute Gasteiger partial charge is 0.383 e. The molecule has 0 saturated heterocycles. The third-order valence-electron chi connectivity index (χ3n) is 5.17. The van der Waals surface area contributed by atoms with Crippen molar-refractivity contribution in [2.45, 2.75) is 19.9 Å². The summed E-state index contributed by atoms with van der Waals surface area (Å²) >= 11 is 3.50. The topological polar surface area (TPSA) is 140 Å². The van der Waals surface area contributed by atoms with Crippen LogP contribution in [0.5, 0.6) is 0 Å². The number of carbonyl (C=O) groups is 1. The van der Waals surface area contributed by atoms with Gasteiger partial charge in [0.1, 0.15) is 12.1 Å². The minimum Gasteiger partial charge on any atom is -0.383 e. The highest BCUT2D eigenvalue weighted by atomic mass is 79.9. The number of nitrogens with one attached hydrogen (secondary N) is 2. The third-order valence-corrected chi connectivity index (χ3v) is 5.98. The molecule has 160 valence electrons. The summed E-state index contributed by atoms with van der Waals surface area (Å²) in [6.07, 6.45) is 4.85. The summed E-state index contributed by atoms with van der Waals surface area (Å²) in [5, 5.41) is 14.6. The lowest BCUT2D eigenvalue weighted by atomic mass is 10.1. The molecular weight excluding hydrogens is 474 g/mol. The van der Waals surface area contributed by atoms with Crippen LogP contribution in [-0.4, -0.2) is 40.7 Å². The molecule has 1 unspecified atom stereocenters. The minimum atomic E-state index is -0.470. The van der Waals surface area contributed by atoms with Crippen LogP contribution < -0.4 is 11.1 Å². The fourth-order valence-electron chi connectivity index (χ4n) is 3.55. The van der Waals surface area contributed by atoms with Crippen LogP contribution in [0.1, 0.15) is 34.8 Å². The fourth-order valence-corrected chi connectivity index (χ4v) is 4.15. The molecule has 4 N–H and O–H groups in total. The number of benzene rings is 1. The van der Waals surface area contributed by atoms with E-state index >= 15 is 0 Å². The van der Waals surface area contributed by atoms with Crippen molar-refractivity contribution in [3.63, 3.8) is 0 Å². The fraction of sp³-hybridized carbons (Fsp3) is 0.143. The first-order valence-electron chi connectivity index (χ1n) is 9.78. The molecule has 4 heterocycles. The number of anilines is 1. The Bertz CT molecular complexity index is 1480. The highest BCUT2D eigenvalue weighted by Crippen LogP contribution is 2.33. The molecule has 10 nitrogen and oxygen atoms in total. The lowest BCUT2D eigenvalue weighted by molar-refractivity contribution is 0.0929. The number of nitrogens with two attached hydrogens (primary N) is 1. The van der Waals surface area contributed by atoms with Gasteiger partial charge in [-0.2, -0.15) is 9.61 Å². The molecule has 0 spiro atoms. The van der Waals surface area contributed by atoms with Gasteiger partial charge in [0.15, 0.2) is 5.65 Å². The monoisotopic (exact) mass is 491 g/mol. The van der Waals surface area contributed by atoms with Crippen LogP contribution in [0.25, 0.3) is 27.7 Å². The Hall–Kier alpha value is -3.86. The molecule has 32 heavy (non-hydrogen) atoms. The maximum Gasteiger partial charge on any atom is 0.291 e. The second kappa shape index (κ2) is 7.68. The van der Waals surface area contributed by atoms with E-state index in [0.717, 1.165) is 27.6 Å². The molecule has 4 aromatic heterocycles. The number of H-pyrrole nitrogens is 1. The van der Waals surface area contributed by atoms with E-state index in [2.05, 4.69) is 58.6 Å². The summed E-state index contributed by atoms with van der Waals surface area (Å²) in [6.45, 7) is 3.85. The summed E-state index contributed by atoms with van der Waals surface area (Å²) in [7, 11) is 0. The molecule has 1 amide bonds. The minimum absolute atomic E-state index is 0.0459. The molecule has 1 aromatic carbocycles. The maximum absolute atomic E-state index is 12.4. The van der Waals surface area contributed by atoms with E-state index in [9.17, 15) is 4.79 Å². The summed E-state index contributed by atoms with van der Waals surface area (Å²) in [5.41, 5.74) is 11.2. The van der Waals surface area contributed by atoms with Crippen LogP contribution in [0.4, 0.5) is 5.82 Å². The molecule has 0 aliphatic carbocycles. The number of nitrogens with zero attached hydrogens (tertiary/aromatic N) is 6. The Kier molecular flexibility index (Phi) is 4.82. The van der Waals surface area contributed by atoms with Gasteiger partial charge in [0, 0.05) is 22.7 Å². The first-order chi connectivity index (χ1) is 15.4. The predicted molar refractivity (Wildman–Crippen MR) is 123 cm³/mol. The van der Waals surface area contributed by atoms with Crippen molar-refractivity contribution in [2.24, 2.45) is 0 Å². The van der Waals surface area contributed by atoms with Crippen molar-refractivity contribution in [1.29, 1.82) is 0 Å². The van der Waals surface area contributed by atoms with Crippen LogP contribution in [0.2, 0.25) is 0 Å². The summed E-state index contributed by atoms with van der Waals surface area (Å²) < 4.78 is 2.11. The number of aryl methyl sites for hydroxylation is 1. The molecule has 0 saturated carbocycles. The van der Waals surface area contributed by atoms with Crippen LogP contribution in [-0.2, 0) is 0 Å². The summed E-state index contributed by atoms with van der Waals surface area (Å²) in [4.78, 5) is 25.6. The molecule has 0 fully saturated rings. The first-order valence-corrected chi connectivity index (χ1v) is 10.6. The maximum atomic E-state index is 12.4. The highest BCUT2D eigenvalue weighted by molar-refractivity contribution is 9.10. The zero-order valence-electron chi connectivity index (χ0n) is 17.2. The van der Waals surface area contributed by atoms with E-state index in [0.29, 0.717) is 21.6 Å². The van der Waals surface area contributed by atoms with Crippen molar-refractivity contribution >= 4 is 44.2 Å². The van der Waals surface area contributed by atoms with Gasteiger partial charge in [-0.3, -0.25) is 14.9 Å². The number of aromatic amines is 1. The summed E-state index contributed by atoms with van der Waals surface area (Å²) in [5.74, 6) is -0.00171. The van der Waals surface area contributed by atoms with E-state index < -0.39 is 11.9 Å². The van der Waals surface area contributed by atoms with Gasteiger partial charge >= 0.3 is 0 Å². The third kappa shape index (κ3) is 3.36. The van der Waals surface area contributed by atoms with Gasteiger partial charge in [-0.1, -0.05) is 11.6 Å². The van der Waals surface area contributed by atoms with E-state index in [1.807, 2.05) is 26.0 Å². The average molecular weight is 492 g/mol. The van der Waals surface area contributed by atoms with Gasteiger partial charge in [-0.05, 0) is 48.0 Å². The Morgan fingerprint density at radius 2 is 2.09 bits per heavy atom. The number of fused-ring (bicyclic) bond motifs is 2. The average Bonchev–Trinajstić information content (AvgIpc) is 3.46. The van der Waals surface area contributed by atoms with Crippen molar-refractivity contribution < 1.29 is 4.79 Å². The number of carbonyl (C=O) groups excluding carboxylic acids is 1. The second-order valence-electron chi connectivity index (χ2n) is 7.43. The molecule has 0 radical (unpaired) electrons. The van der Waals surface area contributed by atoms with E-state index in [1.54, 1.807) is 16.9 Å². The number of hydrogen-bond donors (Lipinski definition) is 3. The Morgan fingerprint density at radius 1 is 1.25 bits per heavy atom. The number of hydrogen-bond acceptors (Lipinski definition) is 7. The van der Waals surface area contributed by atoms with E-state index in [4.69, 9.17) is 10.7 Å². The van der Waals surface area contributed by atoms with Gasteiger partial charge in [0.05, 0.1) is 27.9 Å². The molecule has 0 bridgehead atoms. The zero-order valence-corrected chi connectivity index (χ0v) is 18.8. The normalized spacial score (nSPS) is 12.3. The first kappa shape index (κ1) is 20.1. The molecule has 11 heteroatoms. The molecular formula is C21H18BrN9O. The highest BCUT2D eigenvalue weighted by Gasteiger charge is 2.22.